The molecule has 3 aromatic rings. The zero-order chi connectivity index (χ0) is 13.2. The number of aryl methyl sites for hydroxylation is 2. The molecular weight excluding hydrogens is 236 g/mol. The van der Waals surface area contributed by atoms with Gasteiger partial charge in [0.25, 0.3) is 0 Å². The van der Waals surface area contributed by atoms with Crippen LogP contribution in [0.5, 0.6) is 0 Å². The molecule has 0 aliphatic carbocycles. The number of fused-ring (bicyclic) bond motifs is 1. The third kappa shape index (κ3) is 2.53. The maximum Gasteiger partial charge on any atom is 0.222 e. The molecule has 3 heteroatoms. The third-order valence-electron chi connectivity index (χ3n) is 2.87. The number of rotatable bonds is 1. The number of benzene rings is 1. The second-order valence-electron chi connectivity index (χ2n) is 4.61. The molecule has 1 aromatic carbocycles. The van der Waals surface area contributed by atoms with E-state index in [9.17, 15) is 0 Å². The Morgan fingerprint density at radius 3 is 2.74 bits per heavy atom. The van der Waals surface area contributed by atoms with Crippen molar-refractivity contribution in [2.45, 2.75) is 20.3 Å². The van der Waals surface area contributed by atoms with Gasteiger partial charge in [0.15, 0.2) is 0 Å². The van der Waals surface area contributed by atoms with E-state index in [1.165, 1.54) is 5.56 Å². The Morgan fingerprint density at radius 1 is 1.21 bits per heavy atom. The molecular formula is C16H14N2O. The Hall–Kier alpha value is -2.47. The van der Waals surface area contributed by atoms with E-state index in [0.29, 0.717) is 6.42 Å². The number of oxazole rings is 1. The van der Waals surface area contributed by atoms with Crippen molar-refractivity contribution in [2.24, 2.45) is 0 Å². The molecule has 0 saturated carbocycles. The predicted molar refractivity (Wildman–Crippen MR) is 74.0 cm³/mol. The lowest BCUT2D eigenvalue weighted by molar-refractivity contribution is 0.562. The molecule has 3 rings (SSSR count). The molecule has 0 aliphatic rings. The first-order valence-corrected chi connectivity index (χ1v) is 6.21. The van der Waals surface area contributed by atoms with Crippen molar-refractivity contribution in [3.8, 4) is 11.8 Å². The number of hydrogen-bond acceptors (Lipinski definition) is 2. The van der Waals surface area contributed by atoms with Gasteiger partial charge in [-0.15, -0.1) is 0 Å². The molecule has 0 spiro atoms. The molecule has 0 N–H and O–H groups in total. The van der Waals surface area contributed by atoms with Crippen LogP contribution in [0.4, 0.5) is 0 Å². The second-order valence-corrected chi connectivity index (χ2v) is 4.61. The standard InChI is InChI=1S/C16H14N2O/c1-12-6-8-14(9-7-12)4-3-5-15-11-18-16(19-15)10-13(2)17-18/h6-11H,5H2,1-2H3. The number of hydrogen-bond donors (Lipinski definition) is 0. The van der Waals surface area contributed by atoms with Crippen LogP contribution in [0.15, 0.2) is 40.9 Å². The Labute approximate surface area is 111 Å². The van der Waals surface area contributed by atoms with Crippen molar-refractivity contribution in [3.63, 3.8) is 0 Å². The van der Waals surface area contributed by atoms with E-state index >= 15 is 0 Å². The topological polar surface area (TPSA) is 30.4 Å². The van der Waals surface area contributed by atoms with E-state index in [2.05, 4.69) is 36.0 Å². The van der Waals surface area contributed by atoms with Gasteiger partial charge >= 0.3 is 0 Å². The fraction of sp³-hybridized carbons (Fsp3) is 0.188. The van der Waals surface area contributed by atoms with Crippen molar-refractivity contribution in [1.82, 2.24) is 9.61 Å². The van der Waals surface area contributed by atoms with Gasteiger partial charge in [0, 0.05) is 11.6 Å². The number of nitrogens with zero attached hydrogens (tertiary/aromatic N) is 2. The van der Waals surface area contributed by atoms with Crippen molar-refractivity contribution >= 4 is 5.71 Å². The lowest BCUT2D eigenvalue weighted by Crippen LogP contribution is -1.82. The lowest BCUT2D eigenvalue weighted by atomic mass is 10.1. The fourth-order valence-corrected chi connectivity index (χ4v) is 1.91. The van der Waals surface area contributed by atoms with Crippen LogP contribution in [0.25, 0.3) is 5.71 Å². The summed E-state index contributed by atoms with van der Waals surface area (Å²) in [4.78, 5) is 0. The summed E-state index contributed by atoms with van der Waals surface area (Å²) in [6, 6.07) is 10.1. The first kappa shape index (κ1) is 11.6. The summed E-state index contributed by atoms with van der Waals surface area (Å²) in [5.41, 5.74) is 3.99. The maximum atomic E-state index is 5.64. The average molecular weight is 250 g/mol. The van der Waals surface area contributed by atoms with E-state index in [-0.39, 0.29) is 0 Å². The molecule has 2 heterocycles. The van der Waals surface area contributed by atoms with Gasteiger partial charge in [-0.1, -0.05) is 29.5 Å². The van der Waals surface area contributed by atoms with Gasteiger partial charge in [-0.05, 0) is 26.0 Å². The Bertz CT molecular complexity index is 735. The van der Waals surface area contributed by atoms with Gasteiger partial charge in [0.2, 0.25) is 5.71 Å². The fourth-order valence-electron chi connectivity index (χ4n) is 1.91. The highest BCUT2D eigenvalue weighted by Crippen LogP contribution is 2.11. The van der Waals surface area contributed by atoms with Crippen LogP contribution in [-0.2, 0) is 6.42 Å². The monoisotopic (exact) mass is 250 g/mol. The Balaban J connectivity index is 1.75. The zero-order valence-electron chi connectivity index (χ0n) is 11.0. The van der Waals surface area contributed by atoms with E-state index in [1.807, 2.05) is 31.3 Å². The first-order valence-electron chi connectivity index (χ1n) is 6.21. The van der Waals surface area contributed by atoms with Crippen LogP contribution in [0, 0.1) is 25.7 Å². The van der Waals surface area contributed by atoms with Gasteiger partial charge in [-0.3, -0.25) is 0 Å². The van der Waals surface area contributed by atoms with E-state index in [0.717, 1.165) is 22.7 Å². The summed E-state index contributed by atoms with van der Waals surface area (Å²) in [5, 5.41) is 4.28. The van der Waals surface area contributed by atoms with Crippen LogP contribution < -0.4 is 0 Å². The second kappa shape index (κ2) is 4.66. The average Bonchev–Trinajstić information content (AvgIpc) is 2.88. The maximum absolute atomic E-state index is 5.64. The number of aromatic nitrogens is 2. The highest BCUT2D eigenvalue weighted by molar-refractivity contribution is 5.38. The summed E-state index contributed by atoms with van der Waals surface area (Å²) in [7, 11) is 0. The van der Waals surface area contributed by atoms with Crippen molar-refractivity contribution < 1.29 is 4.42 Å². The highest BCUT2D eigenvalue weighted by Gasteiger charge is 2.04. The van der Waals surface area contributed by atoms with Gasteiger partial charge in [-0.2, -0.15) is 5.10 Å². The van der Waals surface area contributed by atoms with E-state index in [4.69, 9.17) is 4.42 Å². The molecule has 0 aliphatic heterocycles. The first-order chi connectivity index (χ1) is 9.20. The highest BCUT2D eigenvalue weighted by atomic mass is 16.4. The normalized spacial score (nSPS) is 10.4. The van der Waals surface area contributed by atoms with Crippen LogP contribution in [0.3, 0.4) is 0 Å². The summed E-state index contributed by atoms with van der Waals surface area (Å²) in [5.74, 6) is 7.08. The molecule has 19 heavy (non-hydrogen) atoms. The molecule has 0 saturated heterocycles. The van der Waals surface area contributed by atoms with Crippen molar-refractivity contribution in [1.29, 1.82) is 0 Å². The van der Waals surface area contributed by atoms with Crippen molar-refractivity contribution in [2.75, 3.05) is 0 Å². The molecule has 0 bridgehead atoms. The van der Waals surface area contributed by atoms with Crippen LogP contribution in [-0.4, -0.2) is 9.61 Å². The largest absolute Gasteiger partial charge is 0.441 e. The van der Waals surface area contributed by atoms with Gasteiger partial charge in [0.05, 0.1) is 18.3 Å². The van der Waals surface area contributed by atoms with E-state index < -0.39 is 0 Å². The molecule has 94 valence electrons. The molecule has 0 atom stereocenters. The Kier molecular flexibility index (Phi) is 2.85. The summed E-state index contributed by atoms with van der Waals surface area (Å²) >= 11 is 0. The minimum absolute atomic E-state index is 0.594. The molecule has 0 radical (unpaired) electrons. The summed E-state index contributed by atoms with van der Waals surface area (Å²) < 4.78 is 7.39. The van der Waals surface area contributed by atoms with Crippen LogP contribution >= 0.6 is 0 Å². The molecule has 0 amide bonds. The predicted octanol–water partition coefficient (Wildman–Crippen LogP) is 3.14. The minimum Gasteiger partial charge on any atom is -0.441 e. The summed E-state index contributed by atoms with van der Waals surface area (Å²) in [6.07, 6.45) is 2.47. The van der Waals surface area contributed by atoms with Crippen LogP contribution in [0.2, 0.25) is 0 Å². The SMILES string of the molecule is Cc1ccc(C#CCc2cn3nc(C)cc3o2)cc1. The minimum atomic E-state index is 0.594. The van der Waals surface area contributed by atoms with Gasteiger partial charge in [0.1, 0.15) is 5.76 Å². The van der Waals surface area contributed by atoms with Crippen molar-refractivity contribution in [3.05, 3.63) is 59.1 Å². The quantitative estimate of drug-likeness (QED) is 0.621. The van der Waals surface area contributed by atoms with Gasteiger partial charge < -0.3 is 4.42 Å². The van der Waals surface area contributed by atoms with Crippen LogP contribution in [0.1, 0.15) is 22.6 Å². The van der Waals surface area contributed by atoms with Gasteiger partial charge in [-0.25, -0.2) is 4.52 Å². The molecule has 0 unspecified atom stereocenters. The van der Waals surface area contributed by atoms with E-state index in [1.54, 1.807) is 4.52 Å². The molecule has 2 aromatic heterocycles. The smallest absolute Gasteiger partial charge is 0.222 e. The summed E-state index contributed by atoms with van der Waals surface area (Å²) in [6.45, 7) is 4.01. The molecule has 0 fully saturated rings. The Morgan fingerprint density at radius 2 is 2.00 bits per heavy atom. The third-order valence-corrected chi connectivity index (χ3v) is 2.87. The molecule has 3 nitrogen and oxygen atoms in total. The zero-order valence-corrected chi connectivity index (χ0v) is 11.0. The lowest BCUT2D eigenvalue weighted by Gasteiger charge is -1.91.